The third-order valence-corrected chi connectivity index (χ3v) is 7.57. The van der Waals surface area contributed by atoms with E-state index in [1.54, 1.807) is 31.2 Å². The van der Waals surface area contributed by atoms with E-state index in [0.717, 1.165) is 10.6 Å². The van der Waals surface area contributed by atoms with Crippen LogP contribution in [0.25, 0.3) is 10.9 Å². The Bertz CT molecular complexity index is 1250. The van der Waals surface area contributed by atoms with Crippen molar-refractivity contribution in [1.29, 1.82) is 0 Å². The minimum absolute atomic E-state index is 0.0548. The third-order valence-electron chi connectivity index (χ3n) is 4.75. The number of anilines is 1. The number of fused-ring (bicyclic) bond motifs is 2. The lowest BCUT2D eigenvalue weighted by Gasteiger charge is -2.24. The number of amides is 1. The number of nitrogens with one attached hydrogen (secondary N) is 1. The summed E-state index contributed by atoms with van der Waals surface area (Å²) in [6.07, 6.45) is 1.86. The van der Waals surface area contributed by atoms with Crippen LogP contribution in [0.15, 0.2) is 35.4 Å². The molecule has 9 nitrogen and oxygen atoms in total. The second-order valence-corrected chi connectivity index (χ2v) is 9.96. The Hall–Kier alpha value is -2.63. The first kappa shape index (κ1) is 19.7. The first-order valence-electron chi connectivity index (χ1n) is 9.08. The van der Waals surface area contributed by atoms with Crippen LogP contribution in [0.3, 0.4) is 0 Å². The molecule has 0 atom stereocenters. The molecule has 1 aliphatic heterocycles. The second-order valence-electron chi connectivity index (χ2n) is 6.62. The van der Waals surface area contributed by atoms with Crippen LogP contribution in [-0.4, -0.2) is 45.5 Å². The summed E-state index contributed by atoms with van der Waals surface area (Å²) < 4.78 is 26.9. The molecule has 0 spiro atoms. The van der Waals surface area contributed by atoms with Gasteiger partial charge in [-0.1, -0.05) is 12.1 Å². The molecule has 2 aromatic heterocycles. The van der Waals surface area contributed by atoms with Gasteiger partial charge in [-0.05, 0) is 19.1 Å². The zero-order valence-corrected chi connectivity index (χ0v) is 17.3. The highest BCUT2D eigenvalue weighted by molar-refractivity contribution is 7.89. The summed E-state index contributed by atoms with van der Waals surface area (Å²) in [5.74, 6) is -0.340. The molecule has 0 saturated heterocycles. The van der Waals surface area contributed by atoms with Crippen molar-refractivity contribution in [3.63, 3.8) is 0 Å². The number of thiazole rings is 1. The number of nitrogens with zero attached hydrogens (tertiary/aromatic N) is 4. The summed E-state index contributed by atoms with van der Waals surface area (Å²) in [7, 11) is -3.26. The SMILES string of the molecule is CCS(=O)(=O)N1CCc2nc(NC(=O)Cn3cnc4ccccc4c3=O)sc2C1. The molecule has 3 heterocycles. The topological polar surface area (TPSA) is 114 Å². The average Bonchev–Trinajstić information content (AvgIpc) is 3.11. The van der Waals surface area contributed by atoms with E-state index < -0.39 is 15.9 Å². The van der Waals surface area contributed by atoms with Crippen LogP contribution in [-0.2, 0) is 34.3 Å². The molecule has 152 valence electrons. The molecule has 1 N–H and O–H groups in total. The van der Waals surface area contributed by atoms with Crippen molar-refractivity contribution in [1.82, 2.24) is 18.8 Å². The summed E-state index contributed by atoms with van der Waals surface area (Å²) in [6, 6.07) is 6.95. The quantitative estimate of drug-likeness (QED) is 0.647. The summed E-state index contributed by atoms with van der Waals surface area (Å²) in [6.45, 7) is 2.09. The number of benzene rings is 1. The van der Waals surface area contributed by atoms with Gasteiger partial charge in [0.1, 0.15) is 6.54 Å². The lowest BCUT2D eigenvalue weighted by atomic mass is 10.2. The van der Waals surface area contributed by atoms with Crippen molar-refractivity contribution in [2.24, 2.45) is 0 Å². The molecule has 0 saturated carbocycles. The average molecular weight is 434 g/mol. The Morgan fingerprint density at radius 3 is 2.90 bits per heavy atom. The molecule has 0 radical (unpaired) electrons. The molecule has 1 aromatic carbocycles. The fourth-order valence-electron chi connectivity index (χ4n) is 3.18. The number of rotatable bonds is 5. The van der Waals surface area contributed by atoms with Crippen LogP contribution in [0, 0.1) is 0 Å². The van der Waals surface area contributed by atoms with Gasteiger partial charge in [0, 0.05) is 24.4 Å². The summed E-state index contributed by atoms with van der Waals surface area (Å²) >= 11 is 1.26. The Morgan fingerprint density at radius 2 is 2.10 bits per heavy atom. The van der Waals surface area contributed by atoms with Gasteiger partial charge >= 0.3 is 0 Å². The molecule has 0 aliphatic carbocycles. The van der Waals surface area contributed by atoms with E-state index in [-0.39, 0.29) is 24.4 Å². The van der Waals surface area contributed by atoms with Crippen LogP contribution in [0.1, 0.15) is 17.5 Å². The van der Waals surface area contributed by atoms with Crippen molar-refractivity contribution < 1.29 is 13.2 Å². The molecule has 0 fully saturated rings. The van der Waals surface area contributed by atoms with Crippen LogP contribution in [0.5, 0.6) is 0 Å². The smallest absolute Gasteiger partial charge is 0.261 e. The zero-order valence-electron chi connectivity index (χ0n) is 15.7. The largest absolute Gasteiger partial charge is 0.300 e. The number of aromatic nitrogens is 3. The molecule has 0 bridgehead atoms. The number of carbonyl (C=O) groups excluding carboxylic acids is 1. The Morgan fingerprint density at radius 1 is 1.31 bits per heavy atom. The molecular weight excluding hydrogens is 414 g/mol. The number of hydrogen-bond donors (Lipinski definition) is 1. The molecule has 4 rings (SSSR count). The Labute approximate surface area is 171 Å². The number of para-hydroxylation sites is 1. The molecule has 1 amide bonds. The molecular formula is C18H19N5O4S2. The van der Waals surface area contributed by atoms with Crippen molar-refractivity contribution >= 4 is 43.3 Å². The van der Waals surface area contributed by atoms with Gasteiger partial charge in [-0.15, -0.1) is 11.3 Å². The summed E-state index contributed by atoms with van der Waals surface area (Å²) in [5.41, 5.74) is 1.09. The van der Waals surface area contributed by atoms with E-state index in [9.17, 15) is 18.0 Å². The number of hydrogen-bond acceptors (Lipinski definition) is 7. The minimum Gasteiger partial charge on any atom is -0.300 e. The van der Waals surface area contributed by atoms with E-state index in [1.165, 1.54) is 26.5 Å². The van der Waals surface area contributed by atoms with Crippen LogP contribution >= 0.6 is 11.3 Å². The van der Waals surface area contributed by atoms with Crippen LogP contribution in [0.2, 0.25) is 0 Å². The Kier molecular flexibility index (Phi) is 5.19. The fraction of sp³-hybridized carbons (Fsp3) is 0.333. The third kappa shape index (κ3) is 3.93. The van der Waals surface area contributed by atoms with Gasteiger partial charge in [-0.2, -0.15) is 4.31 Å². The van der Waals surface area contributed by atoms with Gasteiger partial charge in [-0.25, -0.2) is 18.4 Å². The standard InChI is InChI=1S/C18H19N5O4S2/c1-2-29(26,27)23-8-7-14-15(9-23)28-18(20-14)21-16(24)10-22-11-19-13-6-4-3-5-12(13)17(22)25/h3-6,11H,2,7-10H2,1H3,(H,20,21,24). The normalized spacial score (nSPS) is 14.7. The molecule has 0 unspecified atom stereocenters. The van der Waals surface area contributed by atoms with Gasteiger partial charge in [0.25, 0.3) is 5.56 Å². The highest BCUT2D eigenvalue weighted by Gasteiger charge is 2.28. The highest BCUT2D eigenvalue weighted by atomic mass is 32.2. The molecule has 29 heavy (non-hydrogen) atoms. The van der Waals surface area contributed by atoms with Gasteiger partial charge in [0.05, 0.1) is 28.7 Å². The van der Waals surface area contributed by atoms with Crippen LogP contribution < -0.4 is 10.9 Å². The van der Waals surface area contributed by atoms with Crippen molar-refractivity contribution in [2.45, 2.75) is 26.4 Å². The number of carbonyl (C=O) groups is 1. The monoisotopic (exact) mass is 433 g/mol. The Balaban J connectivity index is 1.48. The predicted octanol–water partition coefficient (Wildman–Crippen LogP) is 1.20. The zero-order chi connectivity index (χ0) is 20.6. The van der Waals surface area contributed by atoms with Crippen molar-refractivity contribution in [2.75, 3.05) is 17.6 Å². The van der Waals surface area contributed by atoms with E-state index >= 15 is 0 Å². The first-order chi connectivity index (χ1) is 13.9. The first-order valence-corrected chi connectivity index (χ1v) is 11.5. The minimum atomic E-state index is -3.26. The number of sulfonamides is 1. The summed E-state index contributed by atoms with van der Waals surface area (Å²) in [4.78, 5) is 34.4. The fourth-order valence-corrected chi connectivity index (χ4v) is 5.36. The lowest BCUT2D eigenvalue weighted by Crippen LogP contribution is -2.36. The molecule has 3 aromatic rings. The summed E-state index contributed by atoms with van der Waals surface area (Å²) in [5, 5.41) is 3.55. The second kappa shape index (κ2) is 7.65. The van der Waals surface area contributed by atoms with Gasteiger partial charge < -0.3 is 5.32 Å². The maximum absolute atomic E-state index is 12.5. The van der Waals surface area contributed by atoms with E-state index in [4.69, 9.17) is 0 Å². The van der Waals surface area contributed by atoms with Crippen molar-refractivity contribution in [3.05, 3.63) is 51.5 Å². The van der Waals surface area contributed by atoms with E-state index in [2.05, 4.69) is 15.3 Å². The maximum atomic E-state index is 12.5. The maximum Gasteiger partial charge on any atom is 0.261 e. The van der Waals surface area contributed by atoms with Crippen LogP contribution in [0.4, 0.5) is 5.13 Å². The van der Waals surface area contributed by atoms with Crippen molar-refractivity contribution in [3.8, 4) is 0 Å². The van der Waals surface area contributed by atoms with Gasteiger partial charge in [-0.3, -0.25) is 14.2 Å². The van der Waals surface area contributed by atoms with Gasteiger partial charge in [0.15, 0.2) is 5.13 Å². The highest BCUT2D eigenvalue weighted by Crippen LogP contribution is 2.29. The lowest BCUT2D eigenvalue weighted by molar-refractivity contribution is -0.116. The predicted molar refractivity (Wildman–Crippen MR) is 110 cm³/mol. The van der Waals surface area contributed by atoms with Gasteiger partial charge in [0.2, 0.25) is 15.9 Å². The van der Waals surface area contributed by atoms with E-state index in [0.29, 0.717) is 29.0 Å². The molecule has 1 aliphatic rings. The molecule has 11 heteroatoms. The van der Waals surface area contributed by atoms with E-state index in [1.807, 2.05) is 0 Å².